The lowest BCUT2D eigenvalue weighted by molar-refractivity contribution is -0.0539. The zero-order valence-electron chi connectivity index (χ0n) is 16.6. The summed E-state index contributed by atoms with van der Waals surface area (Å²) in [6.45, 7) is 0.487. The normalized spacial score (nSPS) is 33.3. The highest BCUT2D eigenvalue weighted by Gasteiger charge is 2.63. The monoisotopic (exact) mass is 421 g/mol. The summed E-state index contributed by atoms with van der Waals surface area (Å²) in [6.07, 6.45) is 14.6. The van der Waals surface area contributed by atoms with Crippen molar-refractivity contribution < 1.29 is 22.1 Å². The van der Waals surface area contributed by atoms with Gasteiger partial charge in [0, 0.05) is 18.8 Å². The number of ether oxygens (including phenoxy) is 1. The molecule has 0 bridgehead atoms. The summed E-state index contributed by atoms with van der Waals surface area (Å²) in [4.78, 5) is 16.4. The van der Waals surface area contributed by atoms with Gasteiger partial charge >= 0.3 is 6.03 Å². The number of nitrogens with one attached hydrogen (secondary N) is 1. The van der Waals surface area contributed by atoms with Crippen LogP contribution in [0.4, 0.5) is 4.79 Å². The molecule has 2 amide bonds. The lowest BCUT2D eigenvalue weighted by Gasteiger charge is -2.42. The van der Waals surface area contributed by atoms with Crippen LogP contribution in [0.25, 0.3) is 0 Å². The van der Waals surface area contributed by atoms with Gasteiger partial charge in [0.05, 0.1) is 37.1 Å². The number of nitrogens with zero attached hydrogens (tertiary/aromatic N) is 2. The predicted octanol–water partition coefficient (Wildman–Crippen LogP) is 2.38. The van der Waals surface area contributed by atoms with Crippen LogP contribution in [0.2, 0.25) is 0 Å². The minimum absolute atomic E-state index is 0.0756. The van der Waals surface area contributed by atoms with Gasteiger partial charge in [-0.2, -0.15) is 8.42 Å². The number of hydrogen-bond acceptors (Lipinski definition) is 6. The summed E-state index contributed by atoms with van der Waals surface area (Å²) in [6, 6.07) is -0.232. The minimum atomic E-state index is -3.56. The second-order valence-electron chi connectivity index (χ2n) is 8.61. The lowest BCUT2D eigenvalue weighted by atomic mass is 9.65. The van der Waals surface area contributed by atoms with E-state index in [1.54, 1.807) is 4.90 Å². The van der Waals surface area contributed by atoms with Crippen LogP contribution in [-0.4, -0.2) is 55.9 Å². The highest BCUT2D eigenvalue weighted by molar-refractivity contribution is 7.85. The fourth-order valence-corrected chi connectivity index (χ4v) is 5.95. The number of rotatable bonds is 4. The van der Waals surface area contributed by atoms with E-state index in [-0.39, 0.29) is 24.6 Å². The van der Waals surface area contributed by atoms with Crippen LogP contribution in [-0.2, 0) is 19.0 Å². The molecule has 2 saturated heterocycles. The Morgan fingerprint density at radius 2 is 2.17 bits per heavy atom. The highest BCUT2D eigenvalue weighted by atomic mass is 32.2. The van der Waals surface area contributed by atoms with Crippen LogP contribution in [0.1, 0.15) is 44.9 Å². The van der Waals surface area contributed by atoms with Gasteiger partial charge in [-0.05, 0) is 37.7 Å². The molecule has 2 spiro atoms. The summed E-state index contributed by atoms with van der Waals surface area (Å²) in [5, 5.41) is 2.91. The first-order chi connectivity index (χ1) is 13.8. The van der Waals surface area contributed by atoms with Gasteiger partial charge in [0.2, 0.25) is 5.72 Å². The Hall–Kier alpha value is -2.00. The number of urea groups is 1. The molecule has 1 aliphatic carbocycles. The zero-order chi connectivity index (χ0) is 20.3. The van der Waals surface area contributed by atoms with Crippen LogP contribution in [0, 0.1) is 5.41 Å². The topological polar surface area (TPSA) is 88.2 Å². The molecule has 2 atom stereocenters. The highest BCUT2D eigenvalue weighted by Crippen LogP contribution is 2.62. The van der Waals surface area contributed by atoms with Crippen molar-refractivity contribution in [3.63, 3.8) is 0 Å². The summed E-state index contributed by atoms with van der Waals surface area (Å²) < 4.78 is 34.3. The molecule has 4 aliphatic heterocycles. The Kier molecular flexibility index (Phi) is 4.26. The summed E-state index contributed by atoms with van der Waals surface area (Å²) in [5.41, 5.74) is 1.63. The fraction of sp³-hybridized carbons (Fsp3) is 0.650. The van der Waals surface area contributed by atoms with Gasteiger partial charge in [-0.25, -0.2) is 4.79 Å². The molecule has 0 radical (unpaired) electrons. The maximum Gasteiger partial charge on any atom is 0.320 e. The standard InChI is InChI=1S/C20H27N3O5S/c1-29(25,26)27-11-10-23-18(24)21-14-20(23)13-19-8-4-2-6-15(19)12-22-9-5-3-7-16(22)17(19)28-20/h5,9,12H,2-4,6-8,10-11,13-14H2,1H3,(H,21,24). The number of carbonyl (C=O) groups excluding carboxylic acids is 1. The molecule has 8 nitrogen and oxygen atoms in total. The van der Waals surface area contributed by atoms with Crippen molar-refractivity contribution >= 4 is 16.1 Å². The SMILES string of the molecule is CS(=O)(=O)OCCN1C(=O)NCC12CC13CCCCC1=CN1C=CCCC1=C3O2. The Bertz CT molecular complexity index is 940. The number of fused-ring (bicyclic) bond motifs is 1. The molecule has 0 aromatic rings. The maximum absolute atomic E-state index is 12.6. The van der Waals surface area contributed by atoms with Gasteiger partial charge in [0.1, 0.15) is 5.76 Å². The van der Waals surface area contributed by atoms with E-state index in [2.05, 4.69) is 28.7 Å². The molecule has 5 rings (SSSR count). The van der Waals surface area contributed by atoms with Gasteiger partial charge in [0.15, 0.2) is 0 Å². The van der Waals surface area contributed by atoms with Crippen molar-refractivity contribution in [2.75, 3.05) is 26.0 Å². The smallest absolute Gasteiger partial charge is 0.320 e. The van der Waals surface area contributed by atoms with E-state index in [0.29, 0.717) is 13.0 Å². The Morgan fingerprint density at radius 3 is 3.00 bits per heavy atom. The maximum atomic E-state index is 12.6. The molecule has 158 valence electrons. The van der Waals surface area contributed by atoms with Gasteiger partial charge in [-0.1, -0.05) is 12.5 Å². The molecule has 4 heterocycles. The van der Waals surface area contributed by atoms with Crippen molar-refractivity contribution in [2.45, 2.75) is 50.7 Å². The molecule has 0 aromatic carbocycles. The number of hydrogen-bond donors (Lipinski definition) is 1. The third-order valence-electron chi connectivity index (χ3n) is 6.77. The summed E-state index contributed by atoms with van der Waals surface area (Å²) in [5.74, 6) is 1.02. The first kappa shape index (κ1) is 19.0. The Morgan fingerprint density at radius 1 is 1.31 bits per heavy atom. The molecule has 9 heteroatoms. The quantitative estimate of drug-likeness (QED) is 0.702. The van der Waals surface area contributed by atoms with Crippen molar-refractivity contribution in [1.82, 2.24) is 15.1 Å². The minimum Gasteiger partial charge on any atom is -0.467 e. The van der Waals surface area contributed by atoms with Gasteiger partial charge in [-0.15, -0.1) is 0 Å². The van der Waals surface area contributed by atoms with Crippen molar-refractivity contribution in [2.24, 2.45) is 5.41 Å². The molecular formula is C20H27N3O5S. The van der Waals surface area contributed by atoms with Crippen molar-refractivity contribution in [3.8, 4) is 0 Å². The van der Waals surface area contributed by atoms with E-state index in [9.17, 15) is 13.2 Å². The van der Waals surface area contributed by atoms with Crippen molar-refractivity contribution in [1.29, 1.82) is 0 Å². The number of allylic oxidation sites excluding steroid dienone is 3. The van der Waals surface area contributed by atoms with E-state index < -0.39 is 15.8 Å². The van der Waals surface area contributed by atoms with E-state index in [4.69, 9.17) is 8.92 Å². The van der Waals surface area contributed by atoms with Gasteiger partial charge in [0.25, 0.3) is 10.1 Å². The average molecular weight is 422 g/mol. The van der Waals surface area contributed by atoms with Crippen LogP contribution in [0.3, 0.4) is 0 Å². The van der Waals surface area contributed by atoms with Gasteiger partial charge in [-0.3, -0.25) is 9.08 Å². The first-order valence-electron chi connectivity index (χ1n) is 10.3. The molecule has 0 aromatic heterocycles. The molecule has 29 heavy (non-hydrogen) atoms. The summed E-state index contributed by atoms with van der Waals surface area (Å²) in [7, 11) is -3.56. The summed E-state index contributed by atoms with van der Waals surface area (Å²) >= 11 is 0. The van der Waals surface area contributed by atoms with E-state index in [1.165, 1.54) is 17.7 Å². The zero-order valence-corrected chi connectivity index (χ0v) is 17.5. The predicted molar refractivity (Wildman–Crippen MR) is 106 cm³/mol. The molecule has 3 fully saturated rings. The fourth-order valence-electron chi connectivity index (χ4n) is 5.57. The second-order valence-corrected chi connectivity index (χ2v) is 10.3. The number of carbonyl (C=O) groups is 1. The molecular weight excluding hydrogens is 394 g/mol. The van der Waals surface area contributed by atoms with Gasteiger partial charge < -0.3 is 15.0 Å². The van der Waals surface area contributed by atoms with E-state index in [0.717, 1.165) is 44.1 Å². The molecule has 1 N–H and O–H groups in total. The second kappa shape index (κ2) is 6.50. The molecule has 2 unspecified atom stereocenters. The molecule has 1 saturated carbocycles. The van der Waals surface area contributed by atoms with E-state index in [1.807, 2.05) is 0 Å². The average Bonchev–Trinajstić information content (AvgIpc) is 3.17. The lowest BCUT2D eigenvalue weighted by Crippen LogP contribution is -2.49. The molecule has 5 aliphatic rings. The van der Waals surface area contributed by atoms with Crippen LogP contribution in [0.15, 0.2) is 35.5 Å². The van der Waals surface area contributed by atoms with E-state index >= 15 is 0 Å². The number of amides is 2. The largest absolute Gasteiger partial charge is 0.467 e. The third-order valence-corrected chi connectivity index (χ3v) is 7.36. The van der Waals surface area contributed by atoms with Crippen molar-refractivity contribution in [3.05, 3.63) is 35.5 Å². The van der Waals surface area contributed by atoms with Crippen LogP contribution < -0.4 is 5.32 Å². The third kappa shape index (κ3) is 2.97. The Balaban J connectivity index is 1.50. The first-order valence-corrected chi connectivity index (χ1v) is 12.1. The van der Waals surface area contributed by atoms with Crippen LogP contribution in [0.5, 0.6) is 0 Å². The Labute approximate surface area is 171 Å². The van der Waals surface area contributed by atoms with Crippen LogP contribution >= 0.6 is 0 Å².